The molecule has 0 saturated carbocycles. The molecule has 0 aromatic carbocycles. The highest BCUT2D eigenvalue weighted by molar-refractivity contribution is 6.74. The number of nitrogens with zero attached hydrogens (tertiary/aromatic N) is 1. The SMILES string of the molecule is Cc1nc(/C=C/CO[Si](C)(C)C(C)(C)C)c[nH]c1=O. The fraction of sp³-hybridized carbons (Fsp3) is 0.571. The molecule has 0 fully saturated rings. The fourth-order valence-corrected chi connectivity index (χ4v) is 2.19. The van der Waals surface area contributed by atoms with Crippen molar-refractivity contribution in [2.24, 2.45) is 0 Å². The van der Waals surface area contributed by atoms with E-state index in [1.165, 1.54) is 0 Å². The maximum Gasteiger partial charge on any atom is 0.269 e. The van der Waals surface area contributed by atoms with Crippen molar-refractivity contribution in [3.8, 4) is 0 Å². The molecule has 5 heteroatoms. The summed E-state index contributed by atoms with van der Waals surface area (Å²) < 4.78 is 6.02. The van der Waals surface area contributed by atoms with E-state index in [4.69, 9.17) is 4.43 Å². The Bertz CT molecular complexity index is 513. The second-order valence-electron chi connectivity index (χ2n) is 6.21. The molecule has 19 heavy (non-hydrogen) atoms. The van der Waals surface area contributed by atoms with Crippen LogP contribution in [0.5, 0.6) is 0 Å². The predicted octanol–water partition coefficient (Wildman–Crippen LogP) is 3.11. The maximum atomic E-state index is 11.2. The Labute approximate surface area is 116 Å². The van der Waals surface area contributed by atoms with E-state index >= 15 is 0 Å². The third-order valence-electron chi connectivity index (χ3n) is 3.61. The van der Waals surface area contributed by atoms with Crippen LogP contribution in [0.25, 0.3) is 6.08 Å². The van der Waals surface area contributed by atoms with Crippen LogP contribution in [0.1, 0.15) is 32.2 Å². The molecule has 1 aromatic heterocycles. The van der Waals surface area contributed by atoms with Gasteiger partial charge < -0.3 is 9.41 Å². The molecule has 0 aliphatic carbocycles. The van der Waals surface area contributed by atoms with Crippen LogP contribution in [-0.2, 0) is 4.43 Å². The molecule has 1 aromatic rings. The molecule has 1 N–H and O–H groups in total. The number of hydrogen-bond acceptors (Lipinski definition) is 3. The minimum atomic E-state index is -1.69. The summed E-state index contributed by atoms with van der Waals surface area (Å²) in [6.07, 6.45) is 5.43. The summed E-state index contributed by atoms with van der Waals surface area (Å²) in [6, 6.07) is 0. The molecule has 0 atom stereocenters. The summed E-state index contributed by atoms with van der Waals surface area (Å²) in [5.74, 6) is 0. The van der Waals surface area contributed by atoms with Gasteiger partial charge in [-0.2, -0.15) is 0 Å². The Kier molecular flexibility index (Phi) is 4.87. The molecule has 0 radical (unpaired) electrons. The summed E-state index contributed by atoms with van der Waals surface area (Å²) in [7, 11) is -1.69. The second kappa shape index (κ2) is 5.84. The Morgan fingerprint density at radius 1 is 1.42 bits per heavy atom. The first-order valence-electron chi connectivity index (χ1n) is 6.50. The molecular formula is C14H24N2O2Si. The quantitative estimate of drug-likeness (QED) is 0.862. The van der Waals surface area contributed by atoms with E-state index in [9.17, 15) is 4.79 Å². The van der Waals surface area contributed by atoms with E-state index in [0.29, 0.717) is 12.3 Å². The van der Waals surface area contributed by atoms with Crippen molar-refractivity contribution in [3.63, 3.8) is 0 Å². The first kappa shape index (κ1) is 15.9. The van der Waals surface area contributed by atoms with Gasteiger partial charge in [0.1, 0.15) is 5.69 Å². The highest BCUT2D eigenvalue weighted by Gasteiger charge is 2.36. The summed E-state index contributed by atoms with van der Waals surface area (Å²) in [5.41, 5.74) is 1.08. The fourth-order valence-electron chi connectivity index (χ4n) is 1.25. The molecule has 1 heterocycles. The van der Waals surface area contributed by atoms with Gasteiger partial charge in [-0.3, -0.25) is 4.79 Å². The molecular weight excluding hydrogens is 256 g/mol. The van der Waals surface area contributed by atoms with E-state index < -0.39 is 8.32 Å². The van der Waals surface area contributed by atoms with Crippen LogP contribution in [0.3, 0.4) is 0 Å². The average Bonchev–Trinajstić information content (AvgIpc) is 2.27. The lowest BCUT2D eigenvalue weighted by atomic mass is 10.2. The van der Waals surface area contributed by atoms with E-state index in [2.05, 4.69) is 43.8 Å². The Morgan fingerprint density at radius 2 is 2.05 bits per heavy atom. The third kappa shape index (κ3) is 4.43. The van der Waals surface area contributed by atoms with Crippen molar-refractivity contribution in [3.05, 3.63) is 34.0 Å². The van der Waals surface area contributed by atoms with Crippen molar-refractivity contribution in [1.82, 2.24) is 9.97 Å². The van der Waals surface area contributed by atoms with Crippen molar-refractivity contribution < 1.29 is 4.43 Å². The molecule has 0 unspecified atom stereocenters. The number of nitrogens with one attached hydrogen (secondary N) is 1. The van der Waals surface area contributed by atoms with E-state index in [-0.39, 0.29) is 10.6 Å². The molecule has 4 nitrogen and oxygen atoms in total. The largest absolute Gasteiger partial charge is 0.413 e. The van der Waals surface area contributed by atoms with Crippen LogP contribution in [0.2, 0.25) is 18.1 Å². The molecule has 106 valence electrons. The van der Waals surface area contributed by atoms with Gasteiger partial charge in [0, 0.05) is 6.20 Å². The van der Waals surface area contributed by atoms with Gasteiger partial charge in [0.25, 0.3) is 5.56 Å². The van der Waals surface area contributed by atoms with Crippen molar-refractivity contribution >= 4 is 14.4 Å². The van der Waals surface area contributed by atoms with E-state index in [1.54, 1.807) is 13.1 Å². The van der Waals surface area contributed by atoms with Crippen molar-refractivity contribution in [1.29, 1.82) is 0 Å². The van der Waals surface area contributed by atoms with Crippen LogP contribution >= 0.6 is 0 Å². The third-order valence-corrected chi connectivity index (χ3v) is 8.11. The van der Waals surface area contributed by atoms with Crippen LogP contribution in [0.15, 0.2) is 17.1 Å². The van der Waals surface area contributed by atoms with Gasteiger partial charge in [-0.25, -0.2) is 4.98 Å². The van der Waals surface area contributed by atoms with Gasteiger partial charge in [0.15, 0.2) is 8.32 Å². The smallest absolute Gasteiger partial charge is 0.269 e. The number of aromatic amines is 1. The average molecular weight is 280 g/mol. The van der Waals surface area contributed by atoms with Gasteiger partial charge in [0.2, 0.25) is 0 Å². The van der Waals surface area contributed by atoms with E-state index in [1.807, 2.05) is 12.2 Å². The van der Waals surface area contributed by atoms with Gasteiger partial charge in [-0.05, 0) is 31.1 Å². The minimum absolute atomic E-state index is 0.144. The predicted molar refractivity (Wildman–Crippen MR) is 81.8 cm³/mol. The Balaban J connectivity index is 2.60. The molecule has 0 amide bonds. The normalized spacial score (nSPS) is 13.2. The molecule has 0 aliphatic rings. The van der Waals surface area contributed by atoms with Crippen LogP contribution in [0.4, 0.5) is 0 Å². The maximum absolute atomic E-state index is 11.2. The lowest BCUT2D eigenvalue weighted by Gasteiger charge is -2.35. The summed E-state index contributed by atoms with van der Waals surface area (Å²) >= 11 is 0. The number of rotatable bonds is 4. The minimum Gasteiger partial charge on any atom is -0.413 e. The first-order chi connectivity index (χ1) is 8.63. The highest BCUT2D eigenvalue weighted by atomic mass is 28.4. The van der Waals surface area contributed by atoms with Crippen molar-refractivity contribution in [2.75, 3.05) is 6.61 Å². The summed E-state index contributed by atoms with van der Waals surface area (Å²) in [5, 5.41) is 0.216. The zero-order valence-corrected chi connectivity index (χ0v) is 13.7. The molecule has 1 rings (SSSR count). The summed E-state index contributed by atoms with van der Waals surface area (Å²) in [6.45, 7) is 13.4. The molecule has 0 spiro atoms. The topological polar surface area (TPSA) is 55.0 Å². The van der Waals surface area contributed by atoms with Gasteiger partial charge in [-0.15, -0.1) is 0 Å². The lowest BCUT2D eigenvalue weighted by Crippen LogP contribution is -2.40. The highest BCUT2D eigenvalue weighted by Crippen LogP contribution is 2.36. The van der Waals surface area contributed by atoms with Crippen molar-refractivity contribution in [2.45, 2.75) is 45.8 Å². The molecule has 0 saturated heterocycles. The number of aryl methyl sites for hydroxylation is 1. The Morgan fingerprint density at radius 3 is 2.58 bits per heavy atom. The lowest BCUT2D eigenvalue weighted by molar-refractivity contribution is 0.328. The molecule has 0 aliphatic heterocycles. The van der Waals surface area contributed by atoms with Crippen LogP contribution < -0.4 is 5.56 Å². The van der Waals surface area contributed by atoms with Crippen LogP contribution in [-0.4, -0.2) is 24.9 Å². The van der Waals surface area contributed by atoms with Gasteiger partial charge in [-0.1, -0.05) is 26.8 Å². The number of hydrogen-bond donors (Lipinski definition) is 1. The standard InChI is InChI=1S/C14H24N2O2Si/c1-11-13(17)15-10-12(16-11)8-7-9-18-19(5,6)14(2,3)4/h7-8,10H,9H2,1-6H3,(H,15,17)/b8-7+. The van der Waals surface area contributed by atoms with Gasteiger partial charge >= 0.3 is 0 Å². The first-order valence-corrected chi connectivity index (χ1v) is 9.41. The zero-order valence-electron chi connectivity index (χ0n) is 12.7. The molecule has 0 bridgehead atoms. The summed E-state index contributed by atoms with van der Waals surface area (Å²) in [4.78, 5) is 18.0. The number of H-pyrrole nitrogens is 1. The van der Waals surface area contributed by atoms with Gasteiger partial charge in [0.05, 0.1) is 12.3 Å². The zero-order chi connectivity index (χ0) is 14.7. The second-order valence-corrected chi connectivity index (χ2v) is 11.0. The number of aromatic nitrogens is 2. The Hall–Kier alpha value is -1.20. The monoisotopic (exact) mass is 280 g/mol. The van der Waals surface area contributed by atoms with Crippen LogP contribution in [0, 0.1) is 6.92 Å². The van der Waals surface area contributed by atoms with E-state index in [0.717, 1.165) is 5.69 Å².